The Kier molecular flexibility index (Phi) is 5.88. The molecule has 1 amide bonds. The number of halogens is 2. The van der Waals surface area contributed by atoms with Crippen LogP contribution in [0.4, 0.5) is 9.18 Å². The van der Waals surface area contributed by atoms with E-state index in [9.17, 15) is 14.3 Å². The number of rotatable bonds is 5. The minimum absolute atomic E-state index is 0.269. The fourth-order valence-electron chi connectivity index (χ4n) is 5.09. The first-order chi connectivity index (χ1) is 15.0. The van der Waals surface area contributed by atoms with Crippen molar-refractivity contribution in [1.82, 2.24) is 4.90 Å². The Morgan fingerprint density at radius 1 is 1.16 bits per heavy atom. The van der Waals surface area contributed by atoms with Crippen LogP contribution in [-0.2, 0) is 4.74 Å². The Balaban J connectivity index is 1.66. The van der Waals surface area contributed by atoms with Crippen LogP contribution in [0.3, 0.4) is 0 Å². The third kappa shape index (κ3) is 4.18. The van der Waals surface area contributed by atoms with Gasteiger partial charge in [0.05, 0.1) is 11.1 Å². The molecular formula is C25H29ClFNO4. The summed E-state index contributed by atoms with van der Waals surface area (Å²) >= 11 is 5.97. The number of hydrogen-bond donors (Lipinski definition) is 1. The van der Waals surface area contributed by atoms with Crippen LogP contribution >= 0.6 is 11.6 Å². The van der Waals surface area contributed by atoms with Crippen LogP contribution in [0.1, 0.15) is 58.1 Å². The number of aliphatic hydroxyl groups is 1. The van der Waals surface area contributed by atoms with Gasteiger partial charge in [-0.25, -0.2) is 9.18 Å². The van der Waals surface area contributed by atoms with Crippen LogP contribution in [0, 0.1) is 5.82 Å². The molecule has 2 aromatic carbocycles. The van der Waals surface area contributed by atoms with E-state index < -0.39 is 34.7 Å². The van der Waals surface area contributed by atoms with Gasteiger partial charge in [0.15, 0.2) is 0 Å². The van der Waals surface area contributed by atoms with Crippen LogP contribution in [-0.4, -0.2) is 39.4 Å². The summed E-state index contributed by atoms with van der Waals surface area (Å²) in [5, 5.41) is 12.0. The highest BCUT2D eigenvalue weighted by Gasteiger charge is 2.66. The van der Waals surface area contributed by atoms with Gasteiger partial charge in [-0.1, -0.05) is 23.7 Å². The van der Waals surface area contributed by atoms with Crippen molar-refractivity contribution in [3.63, 3.8) is 0 Å². The number of amides is 1. The largest absolute Gasteiger partial charge is 0.491 e. The van der Waals surface area contributed by atoms with Crippen molar-refractivity contribution in [3.05, 3.63) is 64.9 Å². The van der Waals surface area contributed by atoms with E-state index >= 15 is 0 Å². The molecule has 32 heavy (non-hydrogen) atoms. The van der Waals surface area contributed by atoms with Gasteiger partial charge in [-0.05, 0) is 88.4 Å². The second-order valence-electron chi connectivity index (χ2n) is 9.84. The number of ether oxygens (including phenoxy) is 2. The third-order valence-electron chi connectivity index (χ3n) is 6.54. The molecule has 5 nitrogen and oxygen atoms in total. The smallest absolute Gasteiger partial charge is 0.411 e. The molecule has 0 saturated carbocycles. The summed E-state index contributed by atoms with van der Waals surface area (Å²) in [7, 11) is 0. The molecule has 4 rings (SSSR count). The summed E-state index contributed by atoms with van der Waals surface area (Å²) in [5.41, 5.74) is -1.73. The quantitative estimate of drug-likeness (QED) is 0.602. The van der Waals surface area contributed by atoms with Gasteiger partial charge in [-0.3, -0.25) is 4.90 Å². The molecule has 0 unspecified atom stereocenters. The molecule has 172 valence electrons. The number of hydrogen-bond acceptors (Lipinski definition) is 4. The molecule has 2 aromatic rings. The van der Waals surface area contributed by atoms with E-state index in [1.165, 1.54) is 12.1 Å². The lowest BCUT2D eigenvalue weighted by Crippen LogP contribution is -2.56. The molecule has 2 fully saturated rings. The Morgan fingerprint density at radius 3 is 2.41 bits per heavy atom. The Bertz CT molecular complexity index is 980. The fourth-order valence-corrected chi connectivity index (χ4v) is 5.22. The summed E-state index contributed by atoms with van der Waals surface area (Å²) in [6.07, 6.45) is 0.952. The van der Waals surface area contributed by atoms with Gasteiger partial charge < -0.3 is 14.6 Å². The van der Waals surface area contributed by atoms with Gasteiger partial charge in [0.2, 0.25) is 0 Å². The molecule has 0 aromatic heterocycles. The van der Waals surface area contributed by atoms with Gasteiger partial charge in [-0.2, -0.15) is 0 Å². The lowest BCUT2D eigenvalue weighted by atomic mass is 9.77. The fraction of sp³-hybridized carbons (Fsp3) is 0.480. The summed E-state index contributed by atoms with van der Waals surface area (Å²) in [5.74, 6) is 0.234. The summed E-state index contributed by atoms with van der Waals surface area (Å²) in [6.45, 7) is 5.71. The minimum atomic E-state index is -1.04. The Morgan fingerprint density at radius 2 is 1.81 bits per heavy atom. The molecule has 7 heteroatoms. The number of aliphatic hydroxyl groups excluding tert-OH is 1. The topological polar surface area (TPSA) is 59.0 Å². The summed E-state index contributed by atoms with van der Waals surface area (Å²) in [6, 6.07) is 13.0. The predicted octanol–water partition coefficient (Wildman–Crippen LogP) is 5.89. The molecule has 2 heterocycles. The van der Waals surface area contributed by atoms with Crippen LogP contribution in [0.2, 0.25) is 5.02 Å². The lowest BCUT2D eigenvalue weighted by molar-refractivity contribution is -0.0441. The average Bonchev–Trinajstić information content (AvgIpc) is 3.24. The molecule has 2 saturated heterocycles. The van der Waals surface area contributed by atoms with E-state index in [4.69, 9.17) is 21.1 Å². The number of carbonyl (C=O) groups excluding carboxylic acids is 1. The van der Waals surface area contributed by atoms with Crippen molar-refractivity contribution in [1.29, 1.82) is 0 Å². The van der Waals surface area contributed by atoms with E-state index in [-0.39, 0.29) is 6.61 Å². The molecule has 0 radical (unpaired) electrons. The second-order valence-corrected chi connectivity index (χ2v) is 10.3. The zero-order chi connectivity index (χ0) is 23.1. The van der Waals surface area contributed by atoms with Crippen molar-refractivity contribution in [2.75, 3.05) is 6.61 Å². The Labute approximate surface area is 193 Å². The third-order valence-corrected chi connectivity index (χ3v) is 6.79. The number of benzene rings is 2. The van der Waals surface area contributed by atoms with Crippen molar-refractivity contribution < 1.29 is 23.8 Å². The van der Waals surface area contributed by atoms with E-state index in [0.717, 1.165) is 0 Å². The van der Waals surface area contributed by atoms with Crippen LogP contribution in [0.5, 0.6) is 5.75 Å². The van der Waals surface area contributed by atoms with Crippen molar-refractivity contribution >= 4 is 17.7 Å². The first kappa shape index (κ1) is 22.9. The highest BCUT2D eigenvalue weighted by atomic mass is 35.5. The van der Waals surface area contributed by atoms with Crippen molar-refractivity contribution in [2.45, 2.75) is 69.2 Å². The monoisotopic (exact) mass is 461 g/mol. The van der Waals surface area contributed by atoms with Crippen LogP contribution in [0.25, 0.3) is 0 Å². The number of carbonyl (C=O) groups is 1. The summed E-state index contributed by atoms with van der Waals surface area (Å²) in [4.78, 5) is 15.1. The Hall–Kier alpha value is -2.31. The van der Waals surface area contributed by atoms with E-state index in [2.05, 4.69) is 0 Å². The SMILES string of the molecule is CC(C)(C)OC(=O)N1C2(COc3ccc(Cl)cc3)CCC1([C@H](O)c1cccc(F)c1)CC2. The molecule has 0 spiro atoms. The molecule has 2 bridgehead atoms. The lowest BCUT2D eigenvalue weighted by Gasteiger charge is -2.42. The number of fused-ring (bicyclic) bond motifs is 2. The van der Waals surface area contributed by atoms with Gasteiger partial charge in [-0.15, -0.1) is 0 Å². The first-order valence-electron chi connectivity index (χ1n) is 10.9. The van der Waals surface area contributed by atoms with Gasteiger partial charge in [0, 0.05) is 5.02 Å². The molecule has 0 aliphatic carbocycles. The molecule has 2 aliphatic rings. The van der Waals surface area contributed by atoms with Crippen molar-refractivity contribution in [3.8, 4) is 5.75 Å². The minimum Gasteiger partial charge on any atom is -0.491 e. The number of nitrogens with zero attached hydrogens (tertiary/aromatic N) is 1. The molecule has 1 N–H and O–H groups in total. The maximum Gasteiger partial charge on any atom is 0.411 e. The zero-order valence-electron chi connectivity index (χ0n) is 18.6. The van der Waals surface area contributed by atoms with E-state index in [0.29, 0.717) is 42.0 Å². The van der Waals surface area contributed by atoms with E-state index in [1.807, 2.05) is 20.8 Å². The summed E-state index contributed by atoms with van der Waals surface area (Å²) < 4.78 is 25.7. The normalized spacial score (nSPS) is 25.6. The maximum atomic E-state index is 13.9. The standard InChI is InChI=1S/C25H29ClFNO4/c1-23(2,3)32-22(30)28-24(16-31-20-9-7-18(26)8-10-20)11-13-25(28,14-12-24)21(29)17-5-4-6-19(27)15-17/h4-10,15,21,29H,11-14,16H2,1-3H3/t21-,24?,25?/m1/s1. The van der Waals surface area contributed by atoms with Gasteiger partial charge >= 0.3 is 6.09 Å². The van der Waals surface area contributed by atoms with Crippen LogP contribution < -0.4 is 4.74 Å². The highest BCUT2D eigenvalue weighted by molar-refractivity contribution is 6.30. The first-order valence-corrected chi connectivity index (χ1v) is 11.3. The van der Waals surface area contributed by atoms with E-state index in [1.54, 1.807) is 41.3 Å². The van der Waals surface area contributed by atoms with Crippen molar-refractivity contribution in [2.24, 2.45) is 0 Å². The molecule has 1 atom stereocenters. The zero-order valence-corrected chi connectivity index (χ0v) is 19.4. The maximum absolute atomic E-state index is 13.9. The second kappa shape index (κ2) is 8.23. The predicted molar refractivity (Wildman–Crippen MR) is 120 cm³/mol. The molecule has 2 aliphatic heterocycles. The average molecular weight is 462 g/mol. The molecular weight excluding hydrogens is 433 g/mol. The van der Waals surface area contributed by atoms with Gasteiger partial charge in [0.1, 0.15) is 29.9 Å². The van der Waals surface area contributed by atoms with Crippen LogP contribution in [0.15, 0.2) is 48.5 Å². The highest BCUT2D eigenvalue weighted by Crippen LogP contribution is 2.58. The van der Waals surface area contributed by atoms with Gasteiger partial charge in [0.25, 0.3) is 0 Å².